The maximum Gasteiger partial charge on any atom is 0.168 e. The number of fused-ring (bicyclic) bond motifs is 1. The number of terminal acetylenes is 1. The second kappa shape index (κ2) is 9.18. The zero-order chi connectivity index (χ0) is 21.6. The Morgan fingerprint density at radius 1 is 1.03 bits per heavy atom. The Morgan fingerprint density at radius 3 is 2.68 bits per heavy atom. The van der Waals surface area contributed by atoms with E-state index in [0.717, 1.165) is 33.7 Å². The standard InChI is InChI=1S/C24H23N5O2/c1-4-17-8-7-9-19(12-17)29-24-20(15-28-29)23(26-16-27-24)25-14-18-10-11-21(30-5-2)22(13-18)31-6-3/h1,7-13,15-16H,5-6,14H2,2-3H3,(H,25,26,27). The van der Waals surface area contributed by atoms with E-state index in [1.54, 1.807) is 10.9 Å². The summed E-state index contributed by atoms with van der Waals surface area (Å²) >= 11 is 0. The molecule has 1 N–H and O–H groups in total. The molecule has 31 heavy (non-hydrogen) atoms. The molecule has 0 unspecified atom stereocenters. The van der Waals surface area contributed by atoms with E-state index in [-0.39, 0.29) is 0 Å². The predicted octanol–water partition coefficient (Wildman–Crippen LogP) is 4.21. The number of rotatable bonds is 8. The Bertz CT molecular complexity index is 1240. The molecule has 0 atom stereocenters. The van der Waals surface area contributed by atoms with Crippen molar-refractivity contribution in [2.24, 2.45) is 0 Å². The summed E-state index contributed by atoms with van der Waals surface area (Å²) in [6.07, 6.45) is 8.81. The van der Waals surface area contributed by atoms with Gasteiger partial charge in [0.1, 0.15) is 12.1 Å². The molecule has 2 aromatic carbocycles. The normalized spacial score (nSPS) is 10.6. The molecule has 7 nitrogen and oxygen atoms in total. The SMILES string of the molecule is C#Cc1cccc(-n2ncc3c(NCc4ccc(OCC)c(OCC)c4)ncnc32)c1. The van der Waals surface area contributed by atoms with Crippen LogP contribution < -0.4 is 14.8 Å². The molecule has 2 heterocycles. The van der Waals surface area contributed by atoms with E-state index in [1.165, 1.54) is 6.33 Å². The number of anilines is 1. The Balaban J connectivity index is 1.59. The molecule has 2 aromatic heterocycles. The van der Waals surface area contributed by atoms with Crippen LogP contribution >= 0.6 is 0 Å². The topological polar surface area (TPSA) is 74.1 Å². The third-order valence-electron chi connectivity index (χ3n) is 4.69. The lowest BCUT2D eigenvalue weighted by atomic mass is 10.2. The number of hydrogen-bond donors (Lipinski definition) is 1. The van der Waals surface area contributed by atoms with Gasteiger partial charge in [-0.05, 0) is 49.7 Å². The molecular formula is C24H23N5O2. The molecule has 0 radical (unpaired) electrons. The van der Waals surface area contributed by atoms with E-state index in [2.05, 4.69) is 26.3 Å². The summed E-state index contributed by atoms with van der Waals surface area (Å²) in [6, 6.07) is 13.5. The van der Waals surface area contributed by atoms with Crippen LogP contribution in [0.25, 0.3) is 16.7 Å². The maximum absolute atomic E-state index is 5.72. The number of benzene rings is 2. The lowest BCUT2D eigenvalue weighted by Crippen LogP contribution is -2.04. The number of nitrogens with one attached hydrogen (secondary N) is 1. The van der Waals surface area contributed by atoms with E-state index < -0.39 is 0 Å². The van der Waals surface area contributed by atoms with Crippen LogP contribution in [-0.4, -0.2) is 33.0 Å². The Labute approximate surface area is 181 Å². The van der Waals surface area contributed by atoms with E-state index in [4.69, 9.17) is 15.9 Å². The molecule has 0 aliphatic heterocycles. The first-order valence-corrected chi connectivity index (χ1v) is 10.1. The summed E-state index contributed by atoms with van der Waals surface area (Å²) in [5, 5.41) is 8.70. The number of nitrogens with zero attached hydrogens (tertiary/aromatic N) is 4. The Morgan fingerprint density at radius 2 is 1.87 bits per heavy atom. The molecular weight excluding hydrogens is 390 g/mol. The minimum Gasteiger partial charge on any atom is -0.490 e. The van der Waals surface area contributed by atoms with E-state index in [9.17, 15) is 0 Å². The Kier molecular flexibility index (Phi) is 5.99. The number of aromatic nitrogens is 4. The highest BCUT2D eigenvalue weighted by atomic mass is 16.5. The van der Waals surface area contributed by atoms with Gasteiger partial charge in [0, 0.05) is 12.1 Å². The minimum absolute atomic E-state index is 0.566. The van der Waals surface area contributed by atoms with Gasteiger partial charge >= 0.3 is 0 Å². The molecule has 0 amide bonds. The highest BCUT2D eigenvalue weighted by Gasteiger charge is 2.12. The highest BCUT2D eigenvalue weighted by molar-refractivity contribution is 5.87. The van der Waals surface area contributed by atoms with E-state index in [1.807, 2.05) is 56.3 Å². The lowest BCUT2D eigenvalue weighted by molar-refractivity contribution is 0.287. The summed E-state index contributed by atoms with van der Waals surface area (Å²) in [5.74, 6) is 4.83. The third-order valence-corrected chi connectivity index (χ3v) is 4.69. The molecule has 156 valence electrons. The molecule has 0 bridgehead atoms. The zero-order valence-corrected chi connectivity index (χ0v) is 17.5. The van der Waals surface area contributed by atoms with Crippen molar-refractivity contribution in [1.82, 2.24) is 19.7 Å². The molecule has 0 saturated heterocycles. The molecule has 4 rings (SSSR count). The van der Waals surface area contributed by atoms with Gasteiger partial charge in [-0.1, -0.05) is 18.1 Å². The third kappa shape index (κ3) is 4.28. The summed E-state index contributed by atoms with van der Waals surface area (Å²) in [7, 11) is 0. The van der Waals surface area contributed by atoms with Crippen molar-refractivity contribution in [3.8, 4) is 29.5 Å². The molecule has 0 saturated carbocycles. The molecule has 7 heteroatoms. The fourth-order valence-corrected chi connectivity index (χ4v) is 3.29. The van der Waals surface area contributed by atoms with Gasteiger partial charge in [0.25, 0.3) is 0 Å². The maximum atomic E-state index is 5.72. The van der Waals surface area contributed by atoms with Gasteiger partial charge in [-0.25, -0.2) is 14.6 Å². The second-order valence-electron chi connectivity index (χ2n) is 6.71. The first-order valence-electron chi connectivity index (χ1n) is 10.1. The minimum atomic E-state index is 0.566. The van der Waals surface area contributed by atoms with Crippen molar-refractivity contribution in [2.45, 2.75) is 20.4 Å². The van der Waals surface area contributed by atoms with Gasteiger partial charge in [0.05, 0.1) is 30.5 Å². The van der Waals surface area contributed by atoms with Crippen LogP contribution in [0.1, 0.15) is 25.0 Å². The molecule has 0 spiro atoms. The van der Waals surface area contributed by atoms with Gasteiger partial charge in [0.15, 0.2) is 17.1 Å². The molecule has 4 aromatic rings. The van der Waals surface area contributed by atoms with Gasteiger partial charge < -0.3 is 14.8 Å². The molecule has 0 aliphatic carbocycles. The van der Waals surface area contributed by atoms with Crippen LogP contribution in [0.15, 0.2) is 55.0 Å². The van der Waals surface area contributed by atoms with Crippen LogP contribution in [-0.2, 0) is 6.54 Å². The van der Waals surface area contributed by atoms with E-state index in [0.29, 0.717) is 31.2 Å². The van der Waals surface area contributed by atoms with Crippen molar-refractivity contribution in [2.75, 3.05) is 18.5 Å². The van der Waals surface area contributed by atoms with Gasteiger partial charge in [-0.2, -0.15) is 5.10 Å². The fraction of sp³-hybridized carbons (Fsp3) is 0.208. The lowest BCUT2D eigenvalue weighted by Gasteiger charge is -2.13. The summed E-state index contributed by atoms with van der Waals surface area (Å²) in [6.45, 7) is 5.63. The van der Waals surface area contributed by atoms with Crippen LogP contribution in [0.2, 0.25) is 0 Å². The number of ether oxygens (including phenoxy) is 2. The monoisotopic (exact) mass is 413 g/mol. The van der Waals surface area contributed by atoms with E-state index >= 15 is 0 Å². The molecule has 0 fully saturated rings. The van der Waals surface area contributed by atoms with Crippen LogP contribution in [0, 0.1) is 12.3 Å². The zero-order valence-electron chi connectivity index (χ0n) is 17.5. The average molecular weight is 413 g/mol. The predicted molar refractivity (Wildman–Crippen MR) is 121 cm³/mol. The van der Waals surface area contributed by atoms with Crippen LogP contribution in [0.5, 0.6) is 11.5 Å². The van der Waals surface area contributed by atoms with Crippen molar-refractivity contribution in [1.29, 1.82) is 0 Å². The van der Waals surface area contributed by atoms with Gasteiger partial charge in [-0.15, -0.1) is 6.42 Å². The van der Waals surface area contributed by atoms with Gasteiger partial charge in [0.2, 0.25) is 0 Å². The second-order valence-corrected chi connectivity index (χ2v) is 6.71. The van der Waals surface area contributed by atoms with Crippen molar-refractivity contribution >= 4 is 16.9 Å². The summed E-state index contributed by atoms with van der Waals surface area (Å²) in [5.41, 5.74) is 3.39. The highest BCUT2D eigenvalue weighted by Crippen LogP contribution is 2.29. The van der Waals surface area contributed by atoms with Crippen molar-refractivity contribution in [3.05, 3.63) is 66.1 Å². The quantitative estimate of drug-likeness (QED) is 0.436. The Hall–Kier alpha value is -4.05. The average Bonchev–Trinajstić information content (AvgIpc) is 3.24. The van der Waals surface area contributed by atoms with Crippen molar-refractivity contribution < 1.29 is 9.47 Å². The van der Waals surface area contributed by atoms with Gasteiger partial charge in [-0.3, -0.25) is 0 Å². The van der Waals surface area contributed by atoms with Crippen LogP contribution in [0.3, 0.4) is 0 Å². The summed E-state index contributed by atoms with van der Waals surface area (Å²) < 4.78 is 13.1. The fourth-order valence-electron chi connectivity index (χ4n) is 3.29. The molecule has 0 aliphatic rings. The summed E-state index contributed by atoms with van der Waals surface area (Å²) in [4.78, 5) is 8.82. The largest absolute Gasteiger partial charge is 0.490 e. The van der Waals surface area contributed by atoms with Crippen LogP contribution in [0.4, 0.5) is 5.82 Å². The first kappa shape index (κ1) is 20.2. The number of hydrogen-bond acceptors (Lipinski definition) is 6. The smallest absolute Gasteiger partial charge is 0.168 e. The van der Waals surface area contributed by atoms with Crippen molar-refractivity contribution in [3.63, 3.8) is 0 Å². The first-order chi connectivity index (χ1) is 15.2.